The summed E-state index contributed by atoms with van der Waals surface area (Å²) >= 11 is 4.52. The molecular formula is C23H25ClN2O5S. The van der Waals surface area contributed by atoms with Crippen molar-refractivity contribution in [3.63, 3.8) is 0 Å². The molecule has 0 aromatic heterocycles. The fourth-order valence-corrected chi connectivity index (χ4v) is 4.54. The third-order valence-electron chi connectivity index (χ3n) is 4.69. The molecule has 1 saturated heterocycles. The monoisotopic (exact) mass is 476 g/mol. The van der Waals surface area contributed by atoms with E-state index < -0.39 is 29.8 Å². The second kappa shape index (κ2) is 11.0. The van der Waals surface area contributed by atoms with Crippen molar-refractivity contribution in [3.8, 4) is 5.75 Å². The van der Waals surface area contributed by atoms with Gasteiger partial charge in [0.1, 0.15) is 18.5 Å². The predicted octanol–water partition coefficient (Wildman–Crippen LogP) is 3.28. The van der Waals surface area contributed by atoms with Gasteiger partial charge < -0.3 is 19.5 Å². The Morgan fingerprint density at radius 3 is 2.72 bits per heavy atom. The van der Waals surface area contributed by atoms with E-state index in [1.165, 1.54) is 11.0 Å². The van der Waals surface area contributed by atoms with Crippen LogP contribution in [0, 0.1) is 6.92 Å². The minimum atomic E-state index is -1.74. The lowest BCUT2D eigenvalue weighted by Gasteiger charge is -2.15. The summed E-state index contributed by atoms with van der Waals surface area (Å²) in [7, 11) is 0. The lowest BCUT2D eigenvalue weighted by atomic mass is 10.1. The molecule has 1 heterocycles. The summed E-state index contributed by atoms with van der Waals surface area (Å²) in [6.07, 6.45) is 1.29. The van der Waals surface area contributed by atoms with Gasteiger partial charge in [-0.2, -0.15) is 0 Å². The molecule has 1 aliphatic rings. The van der Waals surface area contributed by atoms with Gasteiger partial charge >= 0.3 is 11.1 Å². The molecule has 0 spiro atoms. The summed E-state index contributed by atoms with van der Waals surface area (Å²) < 4.78 is 18.6. The average molecular weight is 477 g/mol. The number of halogens is 1. The van der Waals surface area contributed by atoms with E-state index in [0.29, 0.717) is 23.5 Å². The Bertz CT molecular complexity index is 1040. The molecule has 1 fully saturated rings. The first kappa shape index (κ1) is 24.3. The van der Waals surface area contributed by atoms with Crippen LogP contribution in [0.4, 0.5) is 5.69 Å². The fourth-order valence-electron chi connectivity index (χ4n) is 3.05. The SMILES string of the molecule is CCC/N=C1\N(c2ccccc2C)C(=O)/C(=C\c2ccc(OCC(O)CO)c(Cl)c2)[S+]1[O-]. The Labute approximate surface area is 195 Å². The molecular weight excluding hydrogens is 452 g/mol. The number of rotatable bonds is 8. The number of hydrogen-bond donors (Lipinski definition) is 2. The van der Waals surface area contributed by atoms with E-state index >= 15 is 0 Å². The second-order valence-electron chi connectivity index (χ2n) is 7.21. The number of ether oxygens (including phenoxy) is 1. The van der Waals surface area contributed by atoms with Crippen molar-refractivity contribution in [1.29, 1.82) is 0 Å². The van der Waals surface area contributed by atoms with Crippen molar-refractivity contribution in [2.75, 3.05) is 24.7 Å². The first-order valence-corrected chi connectivity index (χ1v) is 11.7. The highest BCUT2D eigenvalue weighted by Crippen LogP contribution is 2.34. The first-order valence-electron chi connectivity index (χ1n) is 10.2. The topological polar surface area (TPSA) is 105 Å². The zero-order chi connectivity index (χ0) is 23.3. The Hall–Kier alpha value is -2.36. The molecule has 3 rings (SSSR count). The van der Waals surface area contributed by atoms with Gasteiger partial charge in [-0.05, 0) is 42.7 Å². The average Bonchev–Trinajstić information content (AvgIpc) is 3.01. The maximum Gasteiger partial charge on any atom is 0.332 e. The molecule has 2 aromatic rings. The van der Waals surface area contributed by atoms with Crippen LogP contribution < -0.4 is 9.64 Å². The number of amides is 1. The van der Waals surface area contributed by atoms with Gasteiger partial charge in [0.25, 0.3) is 0 Å². The number of anilines is 1. The Balaban J connectivity index is 1.94. The standard InChI is InChI=1S/C23H25ClN2O5S/c1-3-10-25-23-26(19-7-5-4-6-15(19)2)22(29)21(32(23)30)12-16-8-9-20(18(24)11-16)31-14-17(28)13-27/h4-9,11-12,17,27-28H,3,10,13-14H2,1-2H3/b21-12+,25-23+. The smallest absolute Gasteiger partial charge is 0.332 e. The molecule has 2 unspecified atom stereocenters. The van der Waals surface area contributed by atoms with Gasteiger partial charge in [-0.25, -0.2) is 9.89 Å². The maximum atomic E-state index is 13.3. The van der Waals surface area contributed by atoms with Crippen LogP contribution in [0.15, 0.2) is 52.4 Å². The number of aliphatic hydroxyl groups is 2. The van der Waals surface area contributed by atoms with Gasteiger partial charge in [0.2, 0.25) is 4.91 Å². The number of carbonyl (C=O) groups is 1. The molecule has 2 atom stereocenters. The quantitative estimate of drug-likeness (QED) is 0.449. The van der Waals surface area contributed by atoms with E-state index in [4.69, 9.17) is 21.4 Å². The predicted molar refractivity (Wildman–Crippen MR) is 127 cm³/mol. The Morgan fingerprint density at radius 2 is 2.06 bits per heavy atom. The zero-order valence-corrected chi connectivity index (χ0v) is 19.4. The van der Waals surface area contributed by atoms with Crippen molar-refractivity contribution in [3.05, 3.63) is 63.5 Å². The highest BCUT2D eigenvalue weighted by Gasteiger charge is 2.47. The number of benzene rings is 2. The molecule has 170 valence electrons. The summed E-state index contributed by atoms with van der Waals surface area (Å²) in [6.45, 7) is 3.78. The van der Waals surface area contributed by atoms with Crippen LogP contribution in [0.25, 0.3) is 6.08 Å². The van der Waals surface area contributed by atoms with E-state index in [0.717, 1.165) is 12.0 Å². The van der Waals surface area contributed by atoms with E-state index in [9.17, 15) is 14.5 Å². The minimum absolute atomic E-state index is 0.109. The number of para-hydroxylation sites is 1. The third-order valence-corrected chi connectivity index (χ3v) is 6.32. The number of aryl methyl sites for hydroxylation is 1. The molecule has 2 aromatic carbocycles. The van der Waals surface area contributed by atoms with Gasteiger partial charge in [-0.15, -0.1) is 0 Å². The molecule has 7 nitrogen and oxygen atoms in total. The minimum Gasteiger partial charge on any atom is -0.604 e. The molecule has 1 amide bonds. The summed E-state index contributed by atoms with van der Waals surface area (Å²) in [4.78, 5) is 19.3. The fraction of sp³-hybridized carbons (Fsp3) is 0.304. The van der Waals surface area contributed by atoms with Gasteiger partial charge in [-0.3, -0.25) is 4.79 Å². The van der Waals surface area contributed by atoms with E-state index in [1.807, 2.05) is 32.0 Å². The Morgan fingerprint density at radius 1 is 1.31 bits per heavy atom. The van der Waals surface area contributed by atoms with Crippen LogP contribution in [-0.2, 0) is 16.0 Å². The maximum absolute atomic E-state index is 13.3. The van der Waals surface area contributed by atoms with Crippen LogP contribution in [-0.4, -0.2) is 51.7 Å². The highest BCUT2D eigenvalue weighted by atomic mass is 35.5. The number of carbonyl (C=O) groups excluding carboxylic acids is 1. The molecule has 0 radical (unpaired) electrons. The molecule has 2 N–H and O–H groups in total. The molecule has 32 heavy (non-hydrogen) atoms. The number of hydrogen-bond acceptors (Lipinski definition) is 6. The molecule has 0 bridgehead atoms. The number of aliphatic imine (C=N–C) groups is 1. The number of aliphatic hydroxyl groups excluding tert-OH is 2. The molecule has 9 heteroatoms. The van der Waals surface area contributed by atoms with Crippen LogP contribution in [0.5, 0.6) is 5.75 Å². The lowest BCUT2D eigenvalue weighted by molar-refractivity contribution is -0.113. The normalized spacial score (nSPS) is 19.8. The van der Waals surface area contributed by atoms with Gasteiger partial charge in [0, 0.05) is 12.6 Å². The highest BCUT2D eigenvalue weighted by molar-refractivity contribution is 8.12. The zero-order valence-electron chi connectivity index (χ0n) is 17.8. The second-order valence-corrected chi connectivity index (χ2v) is 8.96. The summed E-state index contributed by atoms with van der Waals surface area (Å²) in [5.74, 6) is -0.0677. The van der Waals surface area contributed by atoms with Crippen molar-refractivity contribution in [1.82, 2.24) is 0 Å². The first-order chi connectivity index (χ1) is 15.4. The molecule has 1 aliphatic heterocycles. The van der Waals surface area contributed by atoms with Crippen LogP contribution >= 0.6 is 11.6 Å². The van der Waals surface area contributed by atoms with E-state index in [-0.39, 0.29) is 21.7 Å². The molecule has 0 aliphatic carbocycles. The number of amidine groups is 1. The third kappa shape index (κ3) is 5.33. The molecule has 0 saturated carbocycles. The van der Waals surface area contributed by atoms with E-state index in [2.05, 4.69) is 4.99 Å². The van der Waals surface area contributed by atoms with Gasteiger partial charge in [0.15, 0.2) is 0 Å². The van der Waals surface area contributed by atoms with Crippen molar-refractivity contribution < 1.29 is 24.3 Å². The summed E-state index contributed by atoms with van der Waals surface area (Å²) in [5.41, 5.74) is 2.09. The van der Waals surface area contributed by atoms with Crippen molar-refractivity contribution in [2.24, 2.45) is 4.99 Å². The Kier molecular flexibility index (Phi) is 8.33. The van der Waals surface area contributed by atoms with Crippen LogP contribution in [0.3, 0.4) is 0 Å². The van der Waals surface area contributed by atoms with Gasteiger partial charge in [-0.1, -0.05) is 42.8 Å². The van der Waals surface area contributed by atoms with Gasteiger partial charge in [0.05, 0.1) is 28.5 Å². The summed E-state index contributed by atoms with van der Waals surface area (Å²) in [6, 6.07) is 12.2. The number of nitrogens with zero attached hydrogens (tertiary/aromatic N) is 2. The van der Waals surface area contributed by atoms with E-state index in [1.54, 1.807) is 24.3 Å². The van der Waals surface area contributed by atoms with Crippen molar-refractivity contribution in [2.45, 2.75) is 26.4 Å². The van der Waals surface area contributed by atoms with Crippen molar-refractivity contribution >= 4 is 45.6 Å². The largest absolute Gasteiger partial charge is 0.604 e. The van der Waals surface area contributed by atoms with Crippen LogP contribution in [0.2, 0.25) is 5.02 Å². The summed E-state index contributed by atoms with van der Waals surface area (Å²) in [5, 5.41) is 18.8. The van der Waals surface area contributed by atoms with Crippen LogP contribution in [0.1, 0.15) is 24.5 Å². The lowest BCUT2D eigenvalue weighted by Crippen LogP contribution is -2.31.